The number of nitrogens with zero attached hydrogens (tertiary/aromatic N) is 4. The maximum absolute atomic E-state index is 13.5. The number of thiazole rings is 1. The number of ketones is 1. The molecule has 3 aromatic heterocycles. The van der Waals surface area contributed by atoms with Gasteiger partial charge in [-0.3, -0.25) is 18.9 Å². The van der Waals surface area contributed by atoms with Crippen LogP contribution >= 0.6 is 27.3 Å². The molecule has 0 aliphatic carbocycles. The number of aliphatic hydroxyl groups excluding tert-OH is 1. The van der Waals surface area contributed by atoms with Crippen LogP contribution in [-0.2, 0) is 9.59 Å². The molecule has 7 nitrogen and oxygen atoms in total. The van der Waals surface area contributed by atoms with Crippen LogP contribution in [0.3, 0.4) is 0 Å². The molecule has 4 heterocycles. The van der Waals surface area contributed by atoms with E-state index in [1.807, 2.05) is 67.6 Å². The lowest BCUT2D eigenvalue weighted by Crippen LogP contribution is -2.29. The van der Waals surface area contributed by atoms with Crippen LogP contribution < -0.4 is 4.90 Å². The summed E-state index contributed by atoms with van der Waals surface area (Å²) in [5.74, 6) is -1.76. The molecule has 0 saturated carbocycles. The quantitative estimate of drug-likeness (QED) is 0.168. The number of amides is 1. The van der Waals surface area contributed by atoms with Crippen molar-refractivity contribution in [1.82, 2.24) is 14.4 Å². The Balaban J connectivity index is 1.61. The molecule has 1 saturated heterocycles. The van der Waals surface area contributed by atoms with Crippen LogP contribution in [0.15, 0.2) is 76.9 Å². The zero-order chi connectivity index (χ0) is 25.1. The molecule has 1 atom stereocenters. The van der Waals surface area contributed by atoms with Crippen molar-refractivity contribution in [2.24, 2.45) is 0 Å². The number of aromatic nitrogens is 3. The summed E-state index contributed by atoms with van der Waals surface area (Å²) in [4.78, 5) is 37.6. The molecule has 0 spiro atoms. The van der Waals surface area contributed by atoms with Gasteiger partial charge in [0.05, 0.1) is 27.5 Å². The molecular weight excluding hydrogens is 540 g/mol. The summed E-state index contributed by atoms with van der Waals surface area (Å²) in [5.41, 5.74) is 4.07. The number of anilines is 1. The topological polar surface area (TPSA) is 87.8 Å². The maximum atomic E-state index is 13.5. The number of Topliss-reactive ketones (excluding diaryl/α,β-unsaturated/α-hetero) is 1. The van der Waals surface area contributed by atoms with Gasteiger partial charge in [-0.25, -0.2) is 9.97 Å². The Morgan fingerprint density at radius 3 is 2.58 bits per heavy atom. The van der Waals surface area contributed by atoms with Crippen molar-refractivity contribution in [3.63, 3.8) is 0 Å². The van der Waals surface area contributed by atoms with E-state index in [1.165, 1.54) is 16.2 Å². The Bertz CT molecular complexity index is 1740. The number of hydrogen-bond acceptors (Lipinski definition) is 6. The molecule has 36 heavy (non-hydrogen) atoms. The number of rotatable bonds is 3. The van der Waals surface area contributed by atoms with Crippen molar-refractivity contribution < 1.29 is 14.7 Å². The molecular formula is C27H19BrN4O3S. The SMILES string of the molecule is Cc1ccc2nc(N3C(=O)C(=O)C(=C(O)c4c(C)nc5ccccn45)C3c3ccc(Br)cc3)sc2c1. The molecule has 2 aromatic carbocycles. The smallest absolute Gasteiger partial charge is 0.301 e. The molecule has 1 amide bonds. The fourth-order valence-electron chi connectivity index (χ4n) is 4.64. The van der Waals surface area contributed by atoms with E-state index in [0.717, 1.165) is 20.3 Å². The third kappa shape index (κ3) is 3.46. The zero-order valence-electron chi connectivity index (χ0n) is 19.3. The lowest BCUT2D eigenvalue weighted by Gasteiger charge is -2.23. The van der Waals surface area contributed by atoms with Crippen LogP contribution in [0.5, 0.6) is 0 Å². The second kappa shape index (κ2) is 8.39. The molecule has 0 radical (unpaired) electrons. The largest absolute Gasteiger partial charge is 0.505 e. The fraction of sp³-hybridized carbons (Fsp3) is 0.111. The molecule has 1 unspecified atom stereocenters. The normalized spacial score (nSPS) is 17.5. The minimum absolute atomic E-state index is 0.00603. The van der Waals surface area contributed by atoms with Crippen molar-refractivity contribution >= 4 is 65.7 Å². The zero-order valence-corrected chi connectivity index (χ0v) is 21.7. The second-order valence-electron chi connectivity index (χ2n) is 8.66. The number of halogens is 1. The van der Waals surface area contributed by atoms with E-state index in [-0.39, 0.29) is 11.3 Å². The Labute approximate surface area is 218 Å². The van der Waals surface area contributed by atoms with Gasteiger partial charge in [-0.1, -0.05) is 51.5 Å². The van der Waals surface area contributed by atoms with E-state index in [4.69, 9.17) is 0 Å². The third-order valence-corrected chi connectivity index (χ3v) is 7.84. The number of pyridine rings is 1. The summed E-state index contributed by atoms with van der Waals surface area (Å²) in [6, 6.07) is 17.8. The van der Waals surface area contributed by atoms with E-state index in [0.29, 0.717) is 27.7 Å². The van der Waals surface area contributed by atoms with Crippen molar-refractivity contribution in [2.75, 3.05) is 4.90 Å². The van der Waals surface area contributed by atoms with Gasteiger partial charge in [0, 0.05) is 10.7 Å². The third-order valence-electron chi connectivity index (χ3n) is 6.30. The van der Waals surface area contributed by atoms with Gasteiger partial charge < -0.3 is 5.11 Å². The fourth-order valence-corrected chi connectivity index (χ4v) is 5.99. The number of benzene rings is 2. The van der Waals surface area contributed by atoms with Crippen LogP contribution in [0, 0.1) is 13.8 Å². The van der Waals surface area contributed by atoms with Crippen molar-refractivity contribution in [2.45, 2.75) is 19.9 Å². The summed E-state index contributed by atoms with van der Waals surface area (Å²) < 4.78 is 3.49. The highest BCUT2D eigenvalue weighted by atomic mass is 79.9. The maximum Gasteiger partial charge on any atom is 0.301 e. The molecule has 5 aromatic rings. The first-order valence-corrected chi connectivity index (χ1v) is 12.8. The summed E-state index contributed by atoms with van der Waals surface area (Å²) >= 11 is 4.79. The van der Waals surface area contributed by atoms with Crippen LogP contribution in [0.25, 0.3) is 21.6 Å². The predicted octanol–water partition coefficient (Wildman–Crippen LogP) is 5.95. The Kier molecular flexibility index (Phi) is 5.27. The molecule has 1 aliphatic rings. The van der Waals surface area contributed by atoms with E-state index in [1.54, 1.807) is 17.5 Å². The summed E-state index contributed by atoms with van der Waals surface area (Å²) in [7, 11) is 0. The summed E-state index contributed by atoms with van der Waals surface area (Å²) in [5, 5.41) is 12.0. The summed E-state index contributed by atoms with van der Waals surface area (Å²) in [6.07, 6.45) is 1.77. The number of carbonyl (C=O) groups excluding carboxylic acids is 2. The Morgan fingerprint density at radius 2 is 1.81 bits per heavy atom. The first kappa shape index (κ1) is 22.6. The van der Waals surface area contributed by atoms with Crippen LogP contribution in [0.2, 0.25) is 0 Å². The molecule has 1 fully saturated rings. The number of fused-ring (bicyclic) bond motifs is 2. The molecule has 178 valence electrons. The van der Waals surface area contributed by atoms with Crippen LogP contribution in [0.1, 0.15) is 28.6 Å². The highest BCUT2D eigenvalue weighted by Crippen LogP contribution is 2.44. The number of aryl methyl sites for hydroxylation is 2. The number of carbonyl (C=O) groups is 2. The van der Waals surface area contributed by atoms with E-state index >= 15 is 0 Å². The van der Waals surface area contributed by atoms with E-state index in [9.17, 15) is 14.7 Å². The Morgan fingerprint density at radius 1 is 1.03 bits per heavy atom. The number of hydrogen-bond donors (Lipinski definition) is 1. The molecule has 1 aliphatic heterocycles. The van der Waals surface area contributed by atoms with Gasteiger partial charge in [0.1, 0.15) is 11.3 Å². The number of imidazole rings is 1. The molecule has 9 heteroatoms. The first-order valence-electron chi connectivity index (χ1n) is 11.2. The average molecular weight is 559 g/mol. The molecule has 0 bridgehead atoms. The number of aliphatic hydroxyl groups is 1. The van der Waals surface area contributed by atoms with Gasteiger partial charge in [-0.2, -0.15) is 0 Å². The van der Waals surface area contributed by atoms with E-state index in [2.05, 4.69) is 25.9 Å². The van der Waals surface area contributed by atoms with Gasteiger partial charge in [0.2, 0.25) is 0 Å². The van der Waals surface area contributed by atoms with Gasteiger partial charge in [0.25, 0.3) is 5.78 Å². The second-order valence-corrected chi connectivity index (χ2v) is 10.6. The average Bonchev–Trinajstić information content (AvgIpc) is 3.50. The highest BCUT2D eigenvalue weighted by Gasteiger charge is 2.48. The molecule has 6 rings (SSSR count). The van der Waals surface area contributed by atoms with Gasteiger partial charge in [-0.05, 0) is 61.4 Å². The highest BCUT2D eigenvalue weighted by molar-refractivity contribution is 9.10. The van der Waals surface area contributed by atoms with Gasteiger partial charge >= 0.3 is 5.91 Å². The van der Waals surface area contributed by atoms with Gasteiger partial charge in [0.15, 0.2) is 10.9 Å². The van der Waals surface area contributed by atoms with Gasteiger partial charge in [-0.15, -0.1) is 0 Å². The monoisotopic (exact) mass is 558 g/mol. The minimum atomic E-state index is -0.853. The van der Waals surface area contributed by atoms with Crippen LogP contribution in [0.4, 0.5) is 5.13 Å². The lowest BCUT2D eigenvalue weighted by atomic mass is 9.96. The molecule has 1 N–H and O–H groups in total. The summed E-state index contributed by atoms with van der Waals surface area (Å²) in [6.45, 7) is 3.76. The van der Waals surface area contributed by atoms with Crippen molar-refractivity contribution in [3.05, 3.63) is 99.4 Å². The first-order chi connectivity index (χ1) is 17.3. The van der Waals surface area contributed by atoms with Crippen molar-refractivity contribution in [3.8, 4) is 0 Å². The lowest BCUT2D eigenvalue weighted by molar-refractivity contribution is -0.132. The minimum Gasteiger partial charge on any atom is -0.505 e. The standard InChI is InChI=1S/C27H19BrN4O3S/c1-14-6-11-18-19(13-14)36-27(30-18)32-23(16-7-9-17(28)10-8-16)21(25(34)26(32)35)24(33)22-15(2)29-20-5-3-4-12-31(20)22/h3-13,23,33H,1-2H3. The predicted molar refractivity (Wildman–Crippen MR) is 143 cm³/mol. The Hall–Kier alpha value is -3.82. The van der Waals surface area contributed by atoms with Crippen LogP contribution in [-0.4, -0.2) is 31.2 Å². The van der Waals surface area contributed by atoms with Crippen molar-refractivity contribution in [1.29, 1.82) is 0 Å². The van der Waals surface area contributed by atoms with E-state index < -0.39 is 17.7 Å².